The van der Waals surface area contributed by atoms with Crippen molar-refractivity contribution in [2.75, 3.05) is 33.9 Å². The standard InChI is InChI=1S/C18H28N2O3.ClH/c1-14(11-19-2)18(21)20(13-16-8-6-10-23-16)12-15-7-4-5-9-17(15)22-3;/h4-5,7,9,14,16,19H,6,8,10-13H2,1-3H3;1H. The monoisotopic (exact) mass is 356 g/mol. The number of hydrogen-bond donors (Lipinski definition) is 1. The Kier molecular flexibility index (Phi) is 9.11. The Morgan fingerprint density at radius 3 is 2.83 bits per heavy atom. The molecular weight excluding hydrogens is 328 g/mol. The molecule has 1 aliphatic rings. The first-order valence-electron chi connectivity index (χ1n) is 8.32. The van der Waals surface area contributed by atoms with E-state index in [1.807, 2.05) is 43.1 Å². The minimum atomic E-state index is -0.0592. The van der Waals surface area contributed by atoms with Crippen molar-refractivity contribution in [1.29, 1.82) is 0 Å². The molecule has 0 saturated carbocycles. The lowest BCUT2D eigenvalue weighted by Crippen LogP contribution is -2.42. The summed E-state index contributed by atoms with van der Waals surface area (Å²) >= 11 is 0. The Bertz CT molecular complexity index is 507. The number of nitrogens with one attached hydrogen (secondary N) is 1. The maximum atomic E-state index is 12.8. The van der Waals surface area contributed by atoms with Gasteiger partial charge >= 0.3 is 0 Å². The van der Waals surface area contributed by atoms with Crippen molar-refractivity contribution in [3.05, 3.63) is 29.8 Å². The molecular formula is C18H29ClN2O3. The van der Waals surface area contributed by atoms with E-state index in [2.05, 4.69) is 5.32 Å². The van der Waals surface area contributed by atoms with Crippen LogP contribution in [-0.2, 0) is 16.1 Å². The Morgan fingerprint density at radius 2 is 2.21 bits per heavy atom. The molecule has 1 amide bonds. The fourth-order valence-electron chi connectivity index (χ4n) is 3.01. The molecule has 1 heterocycles. The van der Waals surface area contributed by atoms with Crippen LogP contribution in [-0.4, -0.2) is 50.8 Å². The molecule has 1 fully saturated rings. The van der Waals surface area contributed by atoms with Crippen LogP contribution in [0.2, 0.25) is 0 Å². The molecule has 6 heteroatoms. The summed E-state index contributed by atoms with van der Waals surface area (Å²) in [6, 6.07) is 7.86. The smallest absolute Gasteiger partial charge is 0.227 e. The van der Waals surface area contributed by atoms with Crippen LogP contribution in [0.1, 0.15) is 25.3 Å². The highest BCUT2D eigenvalue weighted by molar-refractivity contribution is 5.85. The molecule has 2 unspecified atom stereocenters. The topological polar surface area (TPSA) is 50.8 Å². The van der Waals surface area contributed by atoms with Crippen LogP contribution in [0.5, 0.6) is 5.75 Å². The van der Waals surface area contributed by atoms with E-state index in [4.69, 9.17) is 9.47 Å². The highest BCUT2D eigenvalue weighted by Crippen LogP contribution is 2.22. The van der Waals surface area contributed by atoms with E-state index in [1.54, 1.807) is 7.11 Å². The number of carbonyl (C=O) groups excluding carboxylic acids is 1. The van der Waals surface area contributed by atoms with Gasteiger partial charge in [0.2, 0.25) is 5.91 Å². The first-order valence-corrected chi connectivity index (χ1v) is 8.32. The van der Waals surface area contributed by atoms with Gasteiger partial charge in [-0.05, 0) is 26.0 Å². The van der Waals surface area contributed by atoms with Gasteiger partial charge in [-0.3, -0.25) is 4.79 Å². The summed E-state index contributed by atoms with van der Waals surface area (Å²) in [5.74, 6) is 0.913. The predicted molar refractivity (Wildman–Crippen MR) is 97.7 cm³/mol. The lowest BCUT2D eigenvalue weighted by atomic mass is 10.1. The zero-order valence-electron chi connectivity index (χ0n) is 14.8. The third-order valence-electron chi connectivity index (χ3n) is 4.25. The fourth-order valence-corrected chi connectivity index (χ4v) is 3.01. The van der Waals surface area contributed by atoms with E-state index in [-0.39, 0.29) is 30.3 Å². The lowest BCUT2D eigenvalue weighted by Gasteiger charge is -2.28. The van der Waals surface area contributed by atoms with Crippen molar-refractivity contribution in [2.45, 2.75) is 32.4 Å². The number of methoxy groups -OCH3 is 1. The first kappa shape index (κ1) is 20.7. The molecule has 1 saturated heterocycles. The van der Waals surface area contributed by atoms with Gasteiger partial charge < -0.3 is 19.7 Å². The molecule has 2 atom stereocenters. The van der Waals surface area contributed by atoms with Gasteiger partial charge in [-0.1, -0.05) is 25.1 Å². The quantitative estimate of drug-likeness (QED) is 0.777. The molecule has 1 N–H and O–H groups in total. The second-order valence-corrected chi connectivity index (χ2v) is 6.12. The third-order valence-corrected chi connectivity index (χ3v) is 4.25. The Labute approximate surface area is 151 Å². The minimum Gasteiger partial charge on any atom is -0.496 e. The lowest BCUT2D eigenvalue weighted by molar-refractivity contribution is -0.137. The summed E-state index contributed by atoms with van der Waals surface area (Å²) in [6.45, 7) is 4.63. The van der Waals surface area contributed by atoms with E-state index in [0.717, 1.165) is 30.8 Å². The van der Waals surface area contributed by atoms with Crippen LogP contribution in [0, 0.1) is 5.92 Å². The normalized spacial score (nSPS) is 17.9. The van der Waals surface area contributed by atoms with Crippen molar-refractivity contribution in [1.82, 2.24) is 10.2 Å². The highest BCUT2D eigenvalue weighted by atomic mass is 35.5. The number of halogens is 1. The van der Waals surface area contributed by atoms with Crippen LogP contribution in [0.15, 0.2) is 24.3 Å². The van der Waals surface area contributed by atoms with Gasteiger partial charge in [0.05, 0.1) is 13.2 Å². The molecule has 5 nitrogen and oxygen atoms in total. The number of benzene rings is 1. The van der Waals surface area contributed by atoms with Crippen molar-refractivity contribution in [2.24, 2.45) is 5.92 Å². The van der Waals surface area contributed by atoms with Crippen LogP contribution in [0.25, 0.3) is 0 Å². The van der Waals surface area contributed by atoms with Gasteiger partial charge in [0, 0.05) is 37.7 Å². The molecule has 1 aromatic carbocycles. The minimum absolute atomic E-state index is 0. The zero-order chi connectivity index (χ0) is 16.7. The van der Waals surface area contributed by atoms with Crippen LogP contribution < -0.4 is 10.1 Å². The first-order chi connectivity index (χ1) is 11.2. The van der Waals surface area contributed by atoms with Crippen molar-refractivity contribution >= 4 is 18.3 Å². The SMILES string of the molecule is CNCC(C)C(=O)N(Cc1ccccc1OC)CC1CCCO1.Cl. The van der Waals surface area contributed by atoms with Crippen molar-refractivity contribution in [3.8, 4) is 5.75 Å². The summed E-state index contributed by atoms with van der Waals surface area (Å²) in [7, 11) is 3.53. The average molecular weight is 357 g/mol. The van der Waals surface area contributed by atoms with Crippen molar-refractivity contribution in [3.63, 3.8) is 0 Å². The molecule has 2 rings (SSSR count). The maximum absolute atomic E-state index is 12.8. The summed E-state index contributed by atoms with van der Waals surface area (Å²) in [6.07, 6.45) is 2.25. The number of hydrogen-bond acceptors (Lipinski definition) is 4. The fraction of sp³-hybridized carbons (Fsp3) is 0.611. The average Bonchev–Trinajstić information content (AvgIpc) is 3.07. The molecule has 0 spiro atoms. The second kappa shape index (κ2) is 10.5. The molecule has 136 valence electrons. The molecule has 1 aliphatic heterocycles. The van der Waals surface area contributed by atoms with Gasteiger partial charge in [-0.15, -0.1) is 12.4 Å². The van der Waals surface area contributed by atoms with Gasteiger partial charge in [-0.2, -0.15) is 0 Å². The predicted octanol–water partition coefficient (Wildman–Crippen LogP) is 2.48. The summed E-state index contributed by atoms with van der Waals surface area (Å²) in [5, 5.41) is 3.08. The second-order valence-electron chi connectivity index (χ2n) is 6.12. The van der Waals surface area contributed by atoms with Gasteiger partial charge in [-0.25, -0.2) is 0 Å². The molecule has 0 aliphatic carbocycles. The number of rotatable bonds is 8. The number of amides is 1. The Balaban J connectivity index is 0.00000288. The molecule has 0 aromatic heterocycles. The van der Waals surface area contributed by atoms with E-state index < -0.39 is 0 Å². The number of carbonyl (C=O) groups is 1. The van der Waals surface area contributed by atoms with Crippen molar-refractivity contribution < 1.29 is 14.3 Å². The molecule has 0 bridgehead atoms. The Morgan fingerprint density at radius 1 is 1.46 bits per heavy atom. The maximum Gasteiger partial charge on any atom is 0.227 e. The van der Waals surface area contributed by atoms with E-state index in [9.17, 15) is 4.79 Å². The largest absolute Gasteiger partial charge is 0.496 e. The van der Waals surface area contributed by atoms with E-state index >= 15 is 0 Å². The molecule has 1 aromatic rings. The zero-order valence-corrected chi connectivity index (χ0v) is 15.6. The van der Waals surface area contributed by atoms with Gasteiger partial charge in [0.25, 0.3) is 0 Å². The van der Waals surface area contributed by atoms with Crippen LogP contribution in [0.3, 0.4) is 0 Å². The van der Waals surface area contributed by atoms with Crippen LogP contribution in [0.4, 0.5) is 0 Å². The number of para-hydroxylation sites is 1. The Hall–Kier alpha value is -1.30. The van der Waals surface area contributed by atoms with Gasteiger partial charge in [0.1, 0.15) is 5.75 Å². The summed E-state index contributed by atoms with van der Waals surface area (Å²) in [5.41, 5.74) is 1.03. The van der Waals surface area contributed by atoms with Gasteiger partial charge in [0.15, 0.2) is 0 Å². The van der Waals surface area contributed by atoms with E-state index in [1.165, 1.54) is 0 Å². The van der Waals surface area contributed by atoms with Crippen LogP contribution >= 0.6 is 12.4 Å². The summed E-state index contributed by atoms with van der Waals surface area (Å²) < 4.78 is 11.1. The van der Waals surface area contributed by atoms with E-state index in [0.29, 0.717) is 19.6 Å². The number of nitrogens with zero attached hydrogens (tertiary/aromatic N) is 1. The molecule has 24 heavy (non-hydrogen) atoms. The number of ether oxygens (including phenoxy) is 2. The summed E-state index contributed by atoms with van der Waals surface area (Å²) in [4.78, 5) is 14.7. The highest BCUT2D eigenvalue weighted by Gasteiger charge is 2.26. The third kappa shape index (κ3) is 5.65. The molecule has 0 radical (unpaired) electrons.